The normalized spacial score (nSPS) is 26.7. The highest BCUT2D eigenvalue weighted by Crippen LogP contribution is 2.37. The largest absolute Gasteiger partial charge is 0.360 e. The van der Waals surface area contributed by atoms with Gasteiger partial charge in [0, 0.05) is 31.6 Å². The van der Waals surface area contributed by atoms with Crippen LogP contribution in [0.25, 0.3) is 0 Å². The van der Waals surface area contributed by atoms with Crippen LogP contribution in [0.15, 0.2) is 16.8 Å². The zero-order chi connectivity index (χ0) is 12.4. The maximum absolute atomic E-state index is 11.7. The zero-order valence-corrected chi connectivity index (χ0v) is 10.5. The molecule has 3 rings (SSSR count). The van der Waals surface area contributed by atoms with Gasteiger partial charge in [0.1, 0.15) is 0 Å². The third-order valence-electron chi connectivity index (χ3n) is 4.10. The first-order chi connectivity index (χ1) is 8.81. The maximum atomic E-state index is 11.7. The Balaban J connectivity index is 1.37. The molecule has 2 bridgehead atoms. The maximum Gasteiger partial charge on any atom is 0.221 e. The van der Waals surface area contributed by atoms with Gasteiger partial charge >= 0.3 is 0 Å². The molecule has 0 spiro atoms. The van der Waals surface area contributed by atoms with Crippen LogP contribution in [0.4, 0.5) is 0 Å². The predicted octanol–water partition coefficient (Wildman–Crippen LogP) is 1.17. The Morgan fingerprint density at radius 1 is 1.56 bits per heavy atom. The summed E-state index contributed by atoms with van der Waals surface area (Å²) in [5.41, 5.74) is 0. The van der Waals surface area contributed by atoms with Crippen molar-refractivity contribution in [1.82, 2.24) is 15.4 Å². The standard InChI is InChI=1S/C13H19N3O2/c17-13(14-8-12-3-5-15-18-12)4-6-16-9-10-1-2-11(16)7-10/h3,5,10-11H,1-2,4,6-9H2,(H,14,17)/t10-,11+/m1/s1. The lowest BCUT2D eigenvalue weighted by atomic mass is 10.1. The molecule has 1 aliphatic heterocycles. The number of hydrogen-bond donors (Lipinski definition) is 1. The van der Waals surface area contributed by atoms with E-state index in [0.717, 1.165) is 18.5 Å². The van der Waals surface area contributed by atoms with Crippen LogP contribution >= 0.6 is 0 Å². The van der Waals surface area contributed by atoms with Gasteiger partial charge in [0.25, 0.3) is 0 Å². The van der Waals surface area contributed by atoms with Crippen molar-refractivity contribution in [3.8, 4) is 0 Å². The van der Waals surface area contributed by atoms with Gasteiger partial charge in [-0.1, -0.05) is 5.16 Å². The minimum Gasteiger partial charge on any atom is -0.360 e. The van der Waals surface area contributed by atoms with E-state index in [0.29, 0.717) is 18.7 Å². The number of aromatic nitrogens is 1. The molecular weight excluding hydrogens is 230 g/mol. The van der Waals surface area contributed by atoms with E-state index in [4.69, 9.17) is 4.52 Å². The second-order valence-electron chi connectivity index (χ2n) is 5.33. The quantitative estimate of drug-likeness (QED) is 0.851. The van der Waals surface area contributed by atoms with Crippen molar-refractivity contribution in [2.24, 2.45) is 5.92 Å². The SMILES string of the molecule is O=C(CCN1C[C@@H]2CC[C@H]1C2)NCc1ccno1. The van der Waals surface area contributed by atoms with E-state index in [9.17, 15) is 4.79 Å². The molecule has 0 aromatic carbocycles. The fraction of sp³-hybridized carbons (Fsp3) is 0.692. The fourth-order valence-electron chi connectivity index (χ4n) is 3.15. The number of amides is 1. The van der Waals surface area contributed by atoms with Crippen LogP contribution in [0.3, 0.4) is 0 Å². The summed E-state index contributed by atoms with van der Waals surface area (Å²) in [6, 6.07) is 2.51. The molecule has 5 nitrogen and oxygen atoms in total. The molecular formula is C13H19N3O2. The molecule has 18 heavy (non-hydrogen) atoms. The number of rotatable bonds is 5. The van der Waals surface area contributed by atoms with Crippen molar-refractivity contribution in [3.05, 3.63) is 18.0 Å². The number of carbonyl (C=O) groups is 1. The molecule has 1 N–H and O–H groups in total. The van der Waals surface area contributed by atoms with Crippen molar-refractivity contribution >= 4 is 5.91 Å². The summed E-state index contributed by atoms with van der Waals surface area (Å²) in [5.74, 6) is 1.69. The first-order valence-electron chi connectivity index (χ1n) is 6.71. The Hall–Kier alpha value is -1.36. The highest BCUT2D eigenvalue weighted by Gasteiger charge is 2.37. The Labute approximate surface area is 107 Å². The second-order valence-corrected chi connectivity index (χ2v) is 5.33. The van der Waals surface area contributed by atoms with Crippen LogP contribution in [-0.4, -0.2) is 35.1 Å². The van der Waals surface area contributed by atoms with Crippen LogP contribution < -0.4 is 5.32 Å². The number of nitrogens with one attached hydrogen (secondary N) is 1. The highest BCUT2D eigenvalue weighted by atomic mass is 16.5. The summed E-state index contributed by atoms with van der Waals surface area (Å²) >= 11 is 0. The van der Waals surface area contributed by atoms with Crippen molar-refractivity contribution < 1.29 is 9.32 Å². The summed E-state index contributed by atoms with van der Waals surface area (Å²) < 4.78 is 4.93. The van der Waals surface area contributed by atoms with E-state index in [1.165, 1.54) is 25.8 Å². The van der Waals surface area contributed by atoms with Gasteiger partial charge in [-0.25, -0.2) is 0 Å². The van der Waals surface area contributed by atoms with Gasteiger partial charge in [-0.05, 0) is 25.2 Å². The molecule has 2 atom stereocenters. The number of likely N-dealkylation sites (tertiary alicyclic amines) is 1. The van der Waals surface area contributed by atoms with E-state index in [1.54, 1.807) is 12.3 Å². The number of carbonyl (C=O) groups excluding carboxylic acids is 1. The summed E-state index contributed by atoms with van der Waals surface area (Å²) in [4.78, 5) is 14.2. The summed E-state index contributed by atoms with van der Waals surface area (Å²) in [6.45, 7) is 2.52. The smallest absolute Gasteiger partial charge is 0.221 e. The molecule has 1 saturated heterocycles. The molecule has 0 radical (unpaired) electrons. The summed E-state index contributed by atoms with van der Waals surface area (Å²) in [6.07, 6.45) is 6.22. The average molecular weight is 249 g/mol. The van der Waals surface area contributed by atoms with Gasteiger partial charge in [-0.3, -0.25) is 9.69 Å². The Kier molecular flexibility index (Phi) is 3.32. The monoisotopic (exact) mass is 249 g/mol. The molecule has 1 amide bonds. The summed E-state index contributed by atoms with van der Waals surface area (Å²) in [7, 11) is 0. The van der Waals surface area contributed by atoms with Gasteiger partial charge < -0.3 is 9.84 Å². The molecule has 2 fully saturated rings. The van der Waals surface area contributed by atoms with Gasteiger partial charge in [0.05, 0.1) is 12.7 Å². The van der Waals surface area contributed by atoms with Crippen LogP contribution in [0.2, 0.25) is 0 Å². The lowest BCUT2D eigenvalue weighted by Crippen LogP contribution is -2.35. The fourth-order valence-corrected chi connectivity index (χ4v) is 3.15. The number of hydrogen-bond acceptors (Lipinski definition) is 4. The Morgan fingerprint density at radius 2 is 2.50 bits per heavy atom. The van der Waals surface area contributed by atoms with Crippen LogP contribution in [-0.2, 0) is 11.3 Å². The Bertz CT molecular complexity index is 404. The van der Waals surface area contributed by atoms with Crippen molar-refractivity contribution in [2.75, 3.05) is 13.1 Å². The first-order valence-corrected chi connectivity index (χ1v) is 6.71. The van der Waals surface area contributed by atoms with Crippen molar-refractivity contribution in [2.45, 2.75) is 38.3 Å². The predicted molar refractivity (Wildman–Crippen MR) is 65.7 cm³/mol. The van der Waals surface area contributed by atoms with Crippen LogP contribution in [0, 0.1) is 5.92 Å². The van der Waals surface area contributed by atoms with E-state index in [-0.39, 0.29) is 5.91 Å². The molecule has 98 valence electrons. The molecule has 0 unspecified atom stereocenters. The van der Waals surface area contributed by atoms with Crippen LogP contribution in [0.1, 0.15) is 31.4 Å². The molecule has 2 aliphatic rings. The molecule has 1 saturated carbocycles. The molecule has 5 heteroatoms. The summed E-state index contributed by atoms with van der Waals surface area (Å²) in [5, 5.41) is 6.45. The topological polar surface area (TPSA) is 58.4 Å². The van der Waals surface area contributed by atoms with Gasteiger partial charge in [-0.2, -0.15) is 0 Å². The molecule has 2 heterocycles. The zero-order valence-electron chi connectivity index (χ0n) is 10.5. The minimum absolute atomic E-state index is 0.0918. The second kappa shape index (κ2) is 5.10. The van der Waals surface area contributed by atoms with E-state index in [2.05, 4.69) is 15.4 Å². The highest BCUT2D eigenvalue weighted by molar-refractivity contribution is 5.75. The molecule has 1 aromatic rings. The molecule has 1 aromatic heterocycles. The minimum atomic E-state index is 0.0918. The lowest BCUT2D eigenvalue weighted by Gasteiger charge is -2.26. The number of piperidine rings is 1. The molecule has 1 aliphatic carbocycles. The lowest BCUT2D eigenvalue weighted by molar-refractivity contribution is -0.121. The van der Waals surface area contributed by atoms with E-state index < -0.39 is 0 Å². The third kappa shape index (κ3) is 2.56. The van der Waals surface area contributed by atoms with Crippen molar-refractivity contribution in [1.29, 1.82) is 0 Å². The Morgan fingerprint density at radius 3 is 3.17 bits per heavy atom. The first kappa shape index (κ1) is 11.7. The van der Waals surface area contributed by atoms with Crippen molar-refractivity contribution in [3.63, 3.8) is 0 Å². The third-order valence-corrected chi connectivity index (χ3v) is 4.10. The van der Waals surface area contributed by atoms with Gasteiger partial charge in [0.15, 0.2) is 5.76 Å². The van der Waals surface area contributed by atoms with Gasteiger partial charge in [0.2, 0.25) is 5.91 Å². The van der Waals surface area contributed by atoms with Gasteiger partial charge in [-0.15, -0.1) is 0 Å². The van der Waals surface area contributed by atoms with E-state index >= 15 is 0 Å². The van der Waals surface area contributed by atoms with Crippen LogP contribution in [0.5, 0.6) is 0 Å². The average Bonchev–Trinajstić information content (AvgIpc) is 3.09. The number of fused-ring (bicyclic) bond motifs is 2. The van der Waals surface area contributed by atoms with E-state index in [1.807, 2.05) is 0 Å². The number of nitrogens with zero attached hydrogens (tertiary/aromatic N) is 2.